The zero-order valence-electron chi connectivity index (χ0n) is 16.4. The lowest BCUT2D eigenvalue weighted by Crippen LogP contribution is -2.46. The molecule has 2 aromatic carbocycles. The van der Waals surface area contributed by atoms with Crippen LogP contribution >= 0.6 is 0 Å². The Morgan fingerprint density at radius 2 is 2.00 bits per heavy atom. The van der Waals surface area contributed by atoms with Crippen LogP contribution in [0.25, 0.3) is 0 Å². The van der Waals surface area contributed by atoms with Gasteiger partial charge in [0.2, 0.25) is 0 Å². The lowest BCUT2D eigenvalue weighted by atomic mass is 9.94. The van der Waals surface area contributed by atoms with Crippen LogP contribution in [0.4, 0.5) is 10.5 Å². The minimum Gasteiger partial charge on any atom is -0.507 e. The van der Waals surface area contributed by atoms with E-state index in [1.807, 2.05) is 6.92 Å². The number of benzene rings is 2. The van der Waals surface area contributed by atoms with Crippen molar-refractivity contribution < 1.29 is 24.2 Å². The van der Waals surface area contributed by atoms with Gasteiger partial charge in [-0.25, -0.2) is 4.79 Å². The van der Waals surface area contributed by atoms with Crippen molar-refractivity contribution in [2.75, 3.05) is 19.0 Å². The van der Waals surface area contributed by atoms with E-state index in [1.165, 1.54) is 13.2 Å². The minimum atomic E-state index is -0.839. The number of amides is 3. The minimum absolute atomic E-state index is 0.0847. The van der Waals surface area contributed by atoms with Crippen LogP contribution in [-0.2, 0) is 4.79 Å². The number of para-hydroxylation sites is 2. The molecule has 8 heteroatoms. The van der Waals surface area contributed by atoms with Crippen LogP contribution in [0.2, 0.25) is 0 Å². The second-order valence-electron chi connectivity index (χ2n) is 6.38. The Morgan fingerprint density at radius 1 is 1.24 bits per heavy atom. The van der Waals surface area contributed by atoms with Gasteiger partial charge >= 0.3 is 6.03 Å². The Bertz CT molecular complexity index is 971. The van der Waals surface area contributed by atoms with Gasteiger partial charge in [-0.05, 0) is 38.1 Å². The van der Waals surface area contributed by atoms with Crippen molar-refractivity contribution in [2.45, 2.75) is 19.9 Å². The van der Waals surface area contributed by atoms with Gasteiger partial charge in [0.1, 0.15) is 17.2 Å². The first-order chi connectivity index (χ1) is 13.9. The fraction of sp³-hybridized carbons (Fsp3) is 0.238. The number of allylic oxidation sites excluding steroid dienone is 1. The zero-order valence-corrected chi connectivity index (χ0v) is 16.4. The smallest absolute Gasteiger partial charge is 0.319 e. The Morgan fingerprint density at radius 3 is 2.69 bits per heavy atom. The average molecular weight is 397 g/mol. The van der Waals surface area contributed by atoms with Crippen molar-refractivity contribution in [2.24, 2.45) is 0 Å². The standard InChI is InChI=1S/C21H23N3O5/c1-4-29-13-9-10-14(16(25)11-13)19-18(12(2)22-21(27)24-19)20(26)23-15-7-5-6-8-17(15)28-3/h5-11,19,25H,4H2,1-3H3,(H,23,26)(H2,22,24,27)/t19-/m1/s1. The first-order valence-corrected chi connectivity index (χ1v) is 9.13. The van der Waals surface area contributed by atoms with Gasteiger partial charge in [-0.15, -0.1) is 0 Å². The second kappa shape index (κ2) is 8.55. The van der Waals surface area contributed by atoms with Crippen molar-refractivity contribution in [1.82, 2.24) is 10.6 Å². The number of carbonyl (C=O) groups excluding carboxylic acids is 2. The van der Waals surface area contributed by atoms with Crippen molar-refractivity contribution in [1.29, 1.82) is 0 Å². The Kier molecular flexibility index (Phi) is 5.92. The van der Waals surface area contributed by atoms with E-state index in [9.17, 15) is 14.7 Å². The molecule has 4 N–H and O–H groups in total. The van der Waals surface area contributed by atoms with Crippen LogP contribution in [0, 0.1) is 0 Å². The third-order valence-electron chi connectivity index (χ3n) is 4.49. The largest absolute Gasteiger partial charge is 0.507 e. The SMILES string of the molecule is CCOc1ccc([C@H]2NC(=O)NC(C)=C2C(=O)Nc2ccccc2OC)c(O)c1. The highest BCUT2D eigenvalue weighted by Crippen LogP contribution is 2.35. The maximum Gasteiger partial charge on any atom is 0.319 e. The van der Waals surface area contributed by atoms with Crippen molar-refractivity contribution in [3.8, 4) is 17.2 Å². The van der Waals surface area contributed by atoms with Crippen LogP contribution in [-0.4, -0.2) is 30.8 Å². The predicted octanol–water partition coefficient (Wildman–Crippen LogP) is 3.07. The van der Waals surface area contributed by atoms with Crippen LogP contribution in [0.15, 0.2) is 53.7 Å². The number of hydrogen-bond acceptors (Lipinski definition) is 5. The molecule has 8 nitrogen and oxygen atoms in total. The molecule has 0 fully saturated rings. The van der Waals surface area contributed by atoms with Crippen LogP contribution in [0.1, 0.15) is 25.5 Å². The average Bonchev–Trinajstić information content (AvgIpc) is 2.68. The van der Waals surface area contributed by atoms with E-state index < -0.39 is 18.0 Å². The van der Waals surface area contributed by atoms with E-state index in [1.54, 1.807) is 43.3 Å². The number of ether oxygens (including phenoxy) is 2. The van der Waals surface area contributed by atoms with E-state index >= 15 is 0 Å². The number of hydrogen-bond donors (Lipinski definition) is 4. The predicted molar refractivity (Wildman–Crippen MR) is 108 cm³/mol. The molecule has 0 radical (unpaired) electrons. The number of rotatable bonds is 6. The van der Waals surface area contributed by atoms with Gasteiger partial charge in [0.15, 0.2) is 0 Å². The molecule has 1 aliphatic rings. The number of anilines is 1. The molecular formula is C21H23N3O5. The lowest BCUT2D eigenvalue weighted by molar-refractivity contribution is -0.113. The zero-order chi connectivity index (χ0) is 21.0. The van der Waals surface area contributed by atoms with Gasteiger partial charge in [-0.3, -0.25) is 4.79 Å². The molecule has 0 aromatic heterocycles. The molecule has 0 saturated carbocycles. The fourth-order valence-corrected chi connectivity index (χ4v) is 3.19. The molecule has 0 saturated heterocycles. The van der Waals surface area contributed by atoms with Crippen molar-refractivity contribution >= 4 is 17.6 Å². The number of nitrogens with one attached hydrogen (secondary N) is 3. The molecule has 0 spiro atoms. The second-order valence-corrected chi connectivity index (χ2v) is 6.38. The number of carbonyl (C=O) groups is 2. The van der Waals surface area contributed by atoms with E-state index in [0.717, 1.165) is 0 Å². The molecule has 1 atom stereocenters. The monoisotopic (exact) mass is 397 g/mol. The Balaban J connectivity index is 1.97. The number of methoxy groups -OCH3 is 1. The van der Waals surface area contributed by atoms with E-state index in [0.29, 0.717) is 35.1 Å². The number of aromatic hydroxyl groups is 1. The highest BCUT2D eigenvalue weighted by Gasteiger charge is 2.33. The van der Waals surface area contributed by atoms with Crippen LogP contribution < -0.4 is 25.4 Å². The highest BCUT2D eigenvalue weighted by molar-refractivity contribution is 6.07. The van der Waals surface area contributed by atoms with Gasteiger partial charge in [-0.2, -0.15) is 0 Å². The van der Waals surface area contributed by atoms with E-state index in [-0.39, 0.29) is 11.3 Å². The third-order valence-corrected chi connectivity index (χ3v) is 4.49. The van der Waals surface area contributed by atoms with Gasteiger partial charge in [0.25, 0.3) is 5.91 Å². The summed E-state index contributed by atoms with van der Waals surface area (Å²) in [5.74, 6) is 0.485. The van der Waals surface area contributed by atoms with Crippen LogP contribution in [0.5, 0.6) is 17.2 Å². The van der Waals surface area contributed by atoms with E-state index in [2.05, 4.69) is 16.0 Å². The Hall–Kier alpha value is -3.68. The van der Waals surface area contributed by atoms with Crippen molar-refractivity contribution in [3.05, 3.63) is 59.3 Å². The summed E-state index contributed by atoms with van der Waals surface area (Å²) in [6, 6.07) is 10.5. The first kappa shape index (κ1) is 20.1. The van der Waals surface area contributed by atoms with Crippen molar-refractivity contribution in [3.63, 3.8) is 0 Å². The lowest BCUT2D eigenvalue weighted by Gasteiger charge is -2.29. The van der Waals surface area contributed by atoms with Gasteiger partial charge in [0.05, 0.1) is 31.0 Å². The summed E-state index contributed by atoms with van der Waals surface area (Å²) in [6.07, 6.45) is 0. The summed E-state index contributed by atoms with van der Waals surface area (Å²) in [5, 5.41) is 18.6. The molecule has 29 heavy (non-hydrogen) atoms. The molecule has 1 aliphatic heterocycles. The molecule has 0 bridgehead atoms. The molecule has 0 unspecified atom stereocenters. The van der Waals surface area contributed by atoms with Gasteiger partial charge in [0, 0.05) is 17.3 Å². The van der Waals surface area contributed by atoms with Gasteiger partial charge < -0.3 is 30.5 Å². The molecule has 3 rings (SSSR count). The summed E-state index contributed by atoms with van der Waals surface area (Å²) in [4.78, 5) is 25.1. The maximum absolute atomic E-state index is 13.1. The normalized spacial score (nSPS) is 16.0. The van der Waals surface area contributed by atoms with Gasteiger partial charge in [-0.1, -0.05) is 12.1 Å². The summed E-state index contributed by atoms with van der Waals surface area (Å²) < 4.78 is 10.7. The Labute approximate surface area is 168 Å². The molecule has 152 valence electrons. The maximum atomic E-state index is 13.1. The quantitative estimate of drug-likeness (QED) is 0.599. The number of phenols is 1. The third kappa shape index (κ3) is 4.26. The number of urea groups is 1. The molecule has 2 aromatic rings. The molecule has 0 aliphatic carbocycles. The summed E-state index contributed by atoms with van der Waals surface area (Å²) in [5.41, 5.74) is 1.54. The summed E-state index contributed by atoms with van der Waals surface area (Å²) in [7, 11) is 1.51. The van der Waals surface area contributed by atoms with E-state index in [4.69, 9.17) is 9.47 Å². The molecule has 1 heterocycles. The van der Waals surface area contributed by atoms with Crippen LogP contribution in [0.3, 0.4) is 0 Å². The summed E-state index contributed by atoms with van der Waals surface area (Å²) in [6.45, 7) is 3.92. The highest BCUT2D eigenvalue weighted by atomic mass is 16.5. The first-order valence-electron chi connectivity index (χ1n) is 9.13. The molecular weight excluding hydrogens is 374 g/mol. The number of phenolic OH excluding ortho intramolecular Hbond substituents is 1. The molecule has 3 amide bonds. The fourth-order valence-electron chi connectivity index (χ4n) is 3.19. The topological polar surface area (TPSA) is 109 Å². The summed E-state index contributed by atoms with van der Waals surface area (Å²) >= 11 is 0.